The van der Waals surface area contributed by atoms with Gasteiger partial charge in [0.15, 0.2) is 0 Å². The first kappa shape index (κ1) is 25.3. The average Bonchev–Trinajstić information content (AvgIpc) is 3.18. The minimum atomic E-state index is -4.08. The van der Waals surface area contributed by atoms with Gasteiger partial charge in [0.05, 0.1) is 0 Å². The van der Waals surface area contributed by atoms with Gasteiger partial charge < -0.3 is 0 Å². The van der Waals surface area contributed by atoms with E-state index in [0.29, 0.717) is 0 Å². The molecule has 1 aromatic carbocycles. The molecular formula is C26H38ClIrN2O2. The van der Waals surface area contributed by atoms with E-state index in [9.17, 15) is 9.59 Å². The molecule has 0 bridgehead atoms. The van der Waals surface area contributed by atoms with Crippen molar-refractivity contribution < 1.29 is 23.4 Å². The third-order valence-electron chi connectivity index (χ3n) is 6.57. The summed E-state index contributed by atoms with van der Waals surface area (Å²) in [5, 5.41) is 0. The topological polar surface area (TPSA) is 44.0 Å². The molecule has 1 aromatic heterocycles. The van der Waals surface area contributed by atoms with Crippen molar-refractivity contribution in [2.45, 2.75) is 97.4 Å². The van der Waals surface area contributed by atoms with Gasteiger partial charge in [0.25, 0.3) is 0 Å². The minimum absolute atomic E-state index is 0.278. The Hall–Kier alpha value is -1.29. The molecule has 0 spiro atoms. The number of aromatic nitrogens is 2. The second-order valence-electron chi connectivity index (χ2n) is 9.15. The third-order valence-corrected chi connectivity index (χ3v) is 12.9. The summed E-state index contributed by atoms with van der Waals surface area (Å²) >= 11 is -4.08. The van der Waals surface area contributed by atoms with Crippen molar-refractivity contribution in [3.8, 4) is 5.69 Å². The molecule has 6 heteroatoms. The Balaban J connectivity index is 2.17. The first-order chi connectivity index (χ1) is 15.4. The number of benzene rings is 1. The van der Waals surface area contributed by atoms with Crippen molar-refractivity contribution in [2.75, 3.05) is 0 Å². The first-order valence-electron chi connectivity index (χ1n) is 11.9. The van der Waals surface area contributed by atoms with Crippen molar-refractivity contribution in [1.82, 2.24) is 9.13 Å². The zero-order chi connectivity index (χ0) is 23.1. The van der Waals surface area contributed by atoms with Crippen molar-refractivity contribution in [1.29, 1.82) is 0 Å². The molecule has 1 saturated carbocycles. The van der Waals surface area contributed by atoms with Gasteiger partial charge in [-0.15, -0.1) is 0 Å². The third kappa shape index (κ3) is 5.79. The molecule has 0 amide bonds. The van der Waals surface area contributed by atoms with Crippen LogP contribution in [0.3, 0.4) is 0 Å². The molecule has 1 aliphatic carbocycles. The van der Waals surface area contributed by atoms with Gasteiger partial charge in [0.2, 0.25) is 0 Å². The Morgan fingerprint density at radius 3 is 1.75 bits per heavy atom. The van der Waals surface area contributed by atoms with Crippen LogP contribution < -0.4 is 0 Å². The molecule has 0 atom stereocenters. The SMILES string of the molecule is Cc1cc(C)c(-n2ccn(C3CCCCCCCCCCC3)[c]2=[Ir]([Cl])([CH]=O)[CH]=O)c(C)c1. The summed E-state index contributed by atoms with van der Waals surface area (Å²) < 4.78 is 5.00. The Morgan fingerprint density at radius 2 is 1.28 bits per heavy atom. The Labute approximate surface area is 199 Å². The Bertz CT molecular complexity index is 990. The predicted molar refractivity (Wildman–Crippen MR) is 130 cm³/mol. The second kappa shape index (κ2) is 11.7. The number of nitrogens with zero attached hydrogens (tertiary/aromatic N) is 2. The van der Waals surface area contributed by atoms with Gasteiger partial charge in [-0.3, -0.25) is 0 Å². The monoisotopic (exact) mass is 638 g/mol. The van der Waals surface area contributed by atoms with Crippen LogP contribution in [0.2, 0.25) is 0 Å². The fourth-order valence-corrected chi connectivity index (χ4v) is 9.68. The standard InChI is InChI=1S/C24H36N2.2CHO.ClH.Ir/c1-20-17-21(2)24(22(3)18-20)26-16-15-25(19-26)23-13-11-9-7-5-4-6-8-10-12-14-23;2*1-2;;/h15-18,23H,4-14H2,1-3H3;2*1H;1H;/q;;;;+1/p-1. The van der Waals surface area contributed by atoms with Crippen molar-refractivity contribution >= 4 is 19.2 Å². The summed E-state index contributed by atoms with van der Waals surface area (Å²) in [6.45, 7) is 6.26. The fourth-order valence-electron chi connectivity index (χ4n) is 5.12. The predicted octanol–water partition coefficient (Wildman–Crippen LogP) is 7.27. The molecule has 0 aliphatic heterocycles. The number of hydrogen-bond donors (Lipinski definition) is 0. The van der Waals surface area contributed by atoms with Crippen LogP contribution in [0, 0.1) is 24.7 Å². The molecule has 32 heavy (non-hydrogen) atoms. The fraction of sp³-hybridized carbons (Fsp3) is 0.577. The molecule has 180 valence electrons. The number of carbonyl (C=O) groups is 2. The normalized spacial score (nSPS) is 17.9. The number of rotatable bonds is 4. The maximum atomic E-state index is 12.2. The van der Waals surface area contributed by atoms with E-state index in [-0.39, 0.29) is 6.04 Å². The summed E-state index contributed by atoms with van der Waals surface area (Å²) in [5.41, 5.74) is 4.50. The van der Waals surface area contributed by atoms with Crippen molar-refractivity contribution in [3.63, 3.8) is 0 Å². The molecule has 1 heterocycles. The van der Waals surface area contributed by atoms with Crippen molar-refractivity contribution in [3.05, 3.63) is 45.1 Å². The molecule has 1 aliphatic rings. The molecular weight excluding hydrogens is 600 g/mol. The molecule has 0 radical (unpaired) electrons. The number of halogens is 1. The Kier molecular flexibility index (Phi) is 9.28. The van der Waals surface area contributed by atoms with Crippen LogP contribution in [0.1, 0.15) is 93.4 Å². The van der Waals surface area contributed by atoms with Gasteiger partial charge in [0, 0.05) is 0 Å². The van der Waals surface area contributed by atoms with E-state index < -0.39 is 13.8 Å². The van der Waals surface area contributed by atoms with E-state index in [1.165, 1.54) is 63.4 Å². The zero-order valence-electron chi connectivity index (χ0n) is 19.7. The summed E-state index contributed by atoms with van der Waals surface area (Å²) in [7, 11) is 6.88. The van der Waals surface area contributed by atoms with Crippen LogP contribution in [0.4, 0.5) is 0 Å². The molecule has 3 rings (SSSR count). The molecule has 0 saturated heterocycles. The van der Waals surface area contributed by atoms with E-state index in [1.54, 1.807) is 0 Å². The van der Waals surface area contributed by atoms with E-state index in [0.717, 1.165) is 43.2 Å². The van der Waals surface area contributed by atoms with Crippen LogP contribution >= 0.6 is 9.58 Å². The van der Waals surface area contributed by atoms with E-state index in [2.05, 4.69) is 48.2 Å². The molecule has 2 aromatic rings. The molecule has 0 unspecified atom stereocenters. The molecule has 1 fully saturated rings. The zero-order valence-corrected chi connectivity index (χ0v) is 22.9. The van der Waals surface area contributed by atoms with Crippen molar-refractivity contribution in [2.24, 2.45) is 0 Å². The maximum absolute atomic E-state index is 12.2. The van der Waals surface area contributed by atoms with Gasteiger partial charge in [-0.05, 0) is 0 Å². The average molecular weight is 638 g/mol. The van der Waals surface area contributed by atoms with E-state index in [4.69, 9.17) is 9.58 Å². The first-order valence-corrected chi connectivity index (χ1v) is 18.8. The van der Waals surface area contributed by atoms with Gasteiger partial charge >= 0.3 is 200 Å². The number of aryl methyl sites for hydroxylation is 3. The number of imidazole rings is 1. The summed E-state index contributed by atoms with van der Waals surface area (Å²) in [5.74, 6) is 0. The number of hydrogen-bond acceptors (Lipinski definition) is 2. The summed E-state index contributed by atoms with van der Waals surface area (Å²) in [6.07, 6.45) is 17.7. The van der Waals surface area contributed by atoms with Crippen LogP contribution in [-0.4, -0.2) is 18.7 Å². The van der Waals surface area contributed by atoms with Crippen LogP contribution in [-0.2, 0) is 23.4 Å². The second-order valence-corrected chi connectivity index (χ2v) is 18.4. The van der Waals surface area contributed by atoms with Gasteiger partial charge in [-0.1, -0.05) is 0 Å². The van der Waals surface area contributed by atoms with Gasteiger partial charge in [0.1, 0.15) is 0 Å². The molecule has 4 nitrogen and oxygen atoms in total. The van der Waals surface area contributed by atoms with Crippen LogP contribution in [0.5, 0.6) is 0 Å². The number of carbonyl (C=O) groups excluding carboxylic acids is 2. The Morgan fingerprint density at radius 1 is 0.812 bits per heavy atom. The molecule has 0 N–H and O–H groups in total. The van der Waals surface area contributed by atoms with E-state index >= 15 is 0 Å². The van der Waals surface area contributed by atoms with Gasteiger partial charge in [-0.2, -0.15) is 0 Å². The summed E-state index contributed by atoms with van der Waals surface area (Å²) in [6, 6.07) is 4.58. The van der Waals surface area contributed by atoms with Crippen LogP contribution in [0.15, 0.2) is 24.5 Å². The van der Waals surface area contributed by atoms with Gasteiger partial charge in [-0.25, -0.2) is 0 Å². The summed E-state index contributed by atoms with van der Waals surface area (Å²) in [4.78, 5) is 25.9. The van der Waals surface area contributed by atoms with Crippen LogP contribution in [0.25, 0.3) is 5.69 Å². The quantitative estimate of drug-likeness (QED) is 0.331. The van der Waals surface area contributed by atoms with E-state index in [1.807, 2.05) is 6.20 Å².